The molecule has 2 rings (SSSR count). The maximum Gasteiger partial charge on any atom is 0.329 e. The number of esters is 2. The summed E-state index contributed by atoms with van der Waals surface area (Å²) in [4.78, 5) is 41.0. The molecule has 8 heteroatoms. The van der Waals surface area contributed by atoms with Gasteiger partial charge < -0.3 is 14.4 Å². The first-order valence-electron chi connectivity index (χ1n) is 11.5. The number of fused-ring (bicyclic) bond motifs is 1. The van der Waals surface area contributed by atoms with Crippen molar-refractivity contribution in [3.63, 3.8) is 0 Å². The highest BCUT2D eigenvalue weighted by Gasteiger charge is 2.42. The number of benzene rings is 1. The zero-order chi connectivity index (χ0) is 25.1. The normalized spacial score (nSPS) is 18.4. The van der Waals surface area contributed by atoms with Gasteiger partial charge in [-0.1, -0.05) is 31.5 Å². The Balaban J connectivity index is 2.45. The van der Waals surface area contributed by atoms with Gasteiger partial charge in [0.05, 0.1) is 6.17 Å². The zero-order valence-electron chi connectivity index (χ0n) is 21.0. The molecule has 1 amide bonds. The van der Waals surface area contributed by atoms with E-state index in [1.54, 1.807) is 32.9 Å². The van der Waals surface area contributed by atoms with Gasteiger partial charge in [0, 0.05) is 17.0 Å². The molecule has 0 spiro atoms. The molecule has 0 saturated carbocycles. The highest BCUT2D eigenvalue weighted by Crippen LogP contribution is 2.29. The summed E-state index contributed by atoms with van der Waals surface area (Å²) in [6.45, 7) is 14.5. The van der Waals surface area contributed by atoms with Crippen LogP contribution in [-0.2, 0) is 25.5 Å². The molecule has 1 aromatic rings. The van der Waals surface area contributed by atoms with E-state index in [1.165, 1.54) is 4.90 Å². The molecule has 1 heterocycles. The molecule has 0 radical (unpaired) electrons. The van der Waals surface area contributed by atoms with E-state index < -0.39 is 41.4 Å². The molecule has 1 N–H and O–H groups in total. The molecule has 0 aliphatic carbocycles. The van der Waals surface area contributed by atoms with Crippen molar-refractivity contribution in [1.82, 2.24) is 10.2 Å². The lowest BCUT2D eigenvalue weighted by Gasteiger charge is -2.42. The average Bonchev–Trinajstić information content (AvgIpc) is 2.66. The number of halogens is 1. The lowest BCUT2D eigenvalue weighted by molar-refractivity contribution is -0.162. The number of carbonyl (C=O) groups is 3. The summed E-state index contributed by atoms with van der Waals surface area (Å²) in [5, 5.41) is 3.73. The second-order valence-corrected chi connectivity index (χ2v) is 10.8. The van der Waals surface area contributed by atoms with Crippen LogP contribution in [0.1, 0.15) is 84.2 Å². The number of amides is 1. The van der Waals surface area contributed by atoms with Gasteiger partial charge in [-0.05, 0) is 72.1 Å². The maximum absolute atomic E-state index is 13.6. The number of hydrogen-bond donors (Lipinski definition) is 1. The molecule has 7 nitrogen and oxygen atoms in total. The summed E-state index contributed by atoms with van der Waals surface area (Å²) in [7, 11) is 0. The van der Waals surface area contributed by atoms with Crippen molar-refractivity contribution in [1.29, 1.82) is 0 Å². The first-order chi connectivity index (χ1) is 15.2. The van der Waals surface area contributed by atoms with Crippen molar-refractivity contribution < 1.29 is 23.9 Å². The van der Waals surface area contributed by atoms with Gasteiger partial charge in [0.15, 0.2) is 0 Å². The van der Waals surface area contributed by atoms with Gasteiger partial charge in [-0.25, -0.2) is 4.79 Å². The van der Waals surface area contributed by atoms with E-state index in [1.807, 2.05) is 40.7 Å². The van der Waals surface area contributed by atoms with Gasteiger partial charge in [0.1, 0.15) is 23.3 Å². The second-order valence-electron chi connectivity index (χ2n) is 10.4. The fourth-order valence-corrected chi connectivity index (χ4v) is 3.99. The van der Waals surface area contributed by atoms with Crippen LogP contribution in [-0.4, -0.2) is 52.2 Å². The van der Waals surface area contributed by atoms with Crippen LogP contribution in [0, 0.1) is 0 Å². The molecule has 1 aromatic carbocycles. The van der Waals surface area contributed by atoms with Crippen molar-refractivity contribution in [3.05, 3.63) is 34.3 Å². The predicted octanol–water partition coefficient (Wildman–Crippen LogP) is 4.49. The summed E-state index contributed by atoms with van der Waals surface area (Å²) in [6.07, 6.45) is 0.639. The highest BCUT2D eigenvalue weighted by molar-refractivity contribution is 6.31. The standard InChI is InChI=1S/C25H37ClN2O5/c1-9-18(22(30)32-24(3,4)5)27-20-13-15-11-12-16(26)14-17(15)21(29)28(20)19(10-2)23(31)33-25(6,7)8/h11-12,14,18-20,27H,9-10,13H2,1-8H3. The van der Waals surface area contributed by atoms with Crippen LogP contribution in [0.4, 0.5) is 0 Å². The van der Waals surface area contributed by atoms with Crippen molar-refractivity contribution in [2.45, 2.75) is 104 Å². The predicted molar refractivity (Wildman–Crippen MR) is 128 cm³/mol. The van der Waals surface area contributed by atoms with Crippen molar-refractivity contribution in [2.24, 2.45) is 0 Å². The fraction of sp³-hybridized carbons (Fsp3) is 0.640. The fourth-order valence-electron chi connectivity index (χ4n) is 3.82. The molecule has 1 aliphatic heterocycles. The zero-order valence-corrected chi connectivity index (χ0v) is 21.7. The Morgan fingerprint density at radius 2 is 1.64 bits per heavy atom. The Kier molecular flexibility index (Phi) is 8.57. The SMILES string of the molecule is CCC(NC1Cc2ccc(Cl)cc2C(=O)N1C(CC)C(=O)OC(C)(C)C)C(=O)OC(C)(C)C. The Bertz CT molecular complexity index is 888. The lowest BCUT2D eigenvalue weighted by atomic mass is 9.94. The summed E-state index contributed by atoms with van der Waals surface area (Å²) >= 11 is 6.16. The van der Waals surface area contributed by atoms with Crippen LogP contribution >= 0.6 is 11.6 Å². The van der Waals surface area contributed by atoms with Gasteiger partial charge in [0.2, 0.25) is 0 Å². The minimum absolute atomic E-state index is 0.326. The Morgan fingerprint density at radius 1 is 1.06 bits per heavy atom. The van der Waals surface area contributed by atoms with Gasteiger partial charge in [0.25, 0.3) is 5.91 Å². The number of rotatable bonds is 7. The number of nitrogens with zero attached hydrogens (tertiary/aromatic N) is 1. The monoisotopic (exact) mass is 480 g/mol. The van der Waals surface area contributed by atoms with Crippen molar-refractivity contribution in [2.75, 3.05) is 0 Å². The third-order valence-electron chi connectivity index (χ3n) is 5.18. The number of nitrogens with one attached hydrogen (secondary N) is 1. The molecule has 3 unspecified atom stereocenters. The molecule has 3 atom stereocenters. The number of carbonyl (C=O) groups excluding carboxylic acids is 3. The Hall–Kier alpha value is -2.12. The minimum atomic E-state index is -0.822. The molecule has 0 aromatic heterocycles. The second kappa shape index (κ2) is 10.4. The summed E-state index contributed by atoms with van der Waals surface area (Å²) in [6, 6.07) is 3.70. The average molecular weight is 481 g/mol. The van der Waals surface area contributed by atoms with Crippen LogP contribution in [0.3, 0.4) is 0 Å². The van der Waals surface area contributed by atoms with Crippen LogP contribution in [0.25, 0.3) is 0 Å². The third-order valence-corrected chi connectivity index (χ3v) is 5.42. The van der Waals surface area contributed by atoms with E-state index in [0.717, 1.165) is 5.56 Å². The van der Waals surface area contributed by atoms with Gasteiger partial charge in [-0.15, -0.1) is 0 Å². The van der Waals surface area contributed by atoms with Gasteiger partial charge in [-0.2, -0.15) is 0 Å². The molecule has 0 bridgehead atoms. The van der Waals surface area contributed by atoms with E-state index in [2.05, 4.69) is 5.32 Å². The maximum atomic E-state index is 13.6. The van der Waals surface area contributed by atoms with Crippen LogP contribution in [0.5, 0.6) is 0 Å². The summed E-state index contributed by atoms with van der Waals surface area (Å²) < 4.78 is 11.2. The van der Waals surface area contributed by atoms with E-state index in [4.69, 9.17) is 21.1 Å². The summed E-state index contributed by atoms with van der Waals surface area (Å²) in [5.74, 6) is -1.21. The molecule has 0 saturated heterocycles. The summed E-state index contributed by atoms with van der Waals surface area (Å²) in [5.41, 5.74) is -0.0835. The van der Waals surface area contributed by atoms with Crippen molar-refractivity contribution in [3.8, 4) is 0 Å². The number of ether oxygens (including phenoxy) is 2. The van der Waals surface area contributed by atoms with Gasteiger partial charge >= 0.3 is 11.9 Å². The smallest absolute Gasteiger partial charge is 0.329 e. The van der Waals surface area contributed by atoms with Gasteiger partial charge in [-0.3, -0.25) is 14.9 Å². The quantitative estimate of drug-likeness (QED) is 0.578. The van der Waals surface area contributed by atoms with Crippen LogP contribution < -0.4 is 5.32 Å². The first kappa shape index (κ1) is 27.1. The van der Waals surface area contributed by atoms with Crippen molar-refractivity contribution >= 4 is 29.4 Å². The van der Waals surface area contributed by atoms with E-state index >= 15 is 0 Å². The highest BCUT2D eigenvalue weighted by atomic mass is 35.5. The van der Waals surface area contributed by atoms with E-state index in [-0.39, 0.29) is 5.91 Å². The third kappa shape index (κ3) is 7.18. The van der Waals surface area contributed by atoms with E-state index in [9.17, 15) is 14.4 Å². The number of hydrogen-bond acceptors (Lipinski definition) is 6. The Labute approximate surface area is 202 Å². The molecule has 184 valence electrons. The molecule has 1 aliphatic rings. The molecular formula is C25H37ClN2O5. The minimum Gasteiger partial charge on any atom is -0.459 e. The van der Waals surface area contributed by atoms with E-state index in [0.29, 0.717) is 29.8 Å². The van der Waals surface area contributed by atoms with Crippen LogP contribution in [0.15, 0.2) is 18.2 Å². The molecule has 33 heavy (non-hydrogen) atoms. The lowest BCUT2D eigenvalue weighted by Crippen LogP contribution is -2.62. The first-order valence-corrected chi connectivity index (χ1v) is 11.9. The Morgan fingerprint density at radius 3 is 2.15 bits per heavy atom. The molecule has 0 fully saturated rings. The van der Waals surface area contributed by atoms with Crippen LogP contribution in [0.2, 0.25) is 5.02 Å². The largest absolute Gasteiger partial charge is 0.459 e. The molecular weight excluding hydrogens is 444 g/mol. The topological polar surface area (TPSA) is 84.9 Å².